The molecule has 0 atom stereocenters. The molecule has 1 saturated heterocycles. The van der Waals surface area contributed by atoms with Crippen LogP contribution >= 0.6 is 0 Å². The van der Waals surface area contributed by atoms with E-state index in [0.717, 1.165) is 22.0 Å². The number of hydrogen-bond acceptors (Lipinski definition) is 7. The average molecular weight is 378 g/mol. The molecule has 10 heteroatoms. The maximum Gasteiger partial charge on any atom is 0.332 e. The number of anilines is 1. The standard InChI is InChI=1S/C17H26N6O4/c1-20-15(18)14(16(26)21(2)17(20)27)12(24)9-22-5-7-23(8-6-22)10-13(25)19-11-3-4-11/h11H,3-10,18H2,1-2H3,(H,19,25). The van der Waals surface area contributed by atoms with Crippen LogP contribution in [-0.2, 0) is 18.9 Å². The van der Waals surface area contributed by atoms with Crippen molar-refractivity contribution in [3.8, 4) is 0 Å². The van der Waals surface area contributed by atoms with Crippen LogP contribution in [0.1, 0.15) is 23.2 Å². The van der Waals surface area contributed by atoms with Gasteiger partial charge >= 0.3 is 5.69 Å². The molecule has 3 rings (SSSR count). The van der Waals surface area contributed by atoms with Crippen LogP contribution in [0, 0.1) is 0 Å². The second-order valence-corrected chi connectivity index (χ2v) is 7.28. The molecular formula is C17H26N6O4. The van der Waals surface area contributed by atoms with Crippen LogP contribution in [0.15, 0.2) is 9.59 Å². The highest BCUT2D eigenvalue weighted by atomic mass is 16.2. The van der Waals surface area contributed by atoms with Gasteiger partial charge in [-0.25, -0.2) is 4.79 Å². The van der Waals surface area contributed by atoms with Gasteiger partial charge in [0.1, 0.15) is 11.4 Å². The molecule has 2 fully saturated rings. The van der Waals surface area contributed by atoms with Crippen molar-refractivity contribution in [2.45, 2.75) is 18.9 Å². The van der Waals surface area contributed by atoms with Gasteiger partial charge < -0.3 is 11.1 Å². The molecule has 27 heavy (non-hydrogen) atoms. The van der Waals surface area contributed by atoms with Gasteiger partial charge in [0.25, 0.3) is 5.56 Å². The monoisotopic (exact) mass is 378 g/mol. The Labute approximate surface area is 156 Å². The predicted octanol–water partition coefficient (Wildman–Crippen LogP) is -2.25. The van der Waals surface area contributed by atoms with Crippen LogP contribution in [0.3, 0.4) is 0 Å². The minimum absolute atomic E-state index is 0.0449. The lowest BCUT2D eigenvalue weighted by atomic mass is 10.1. The number of aromatic nitrogens is 2. The zero-order valence-corrected chi connectivity index (χ0v) is 15.7. The fourth-order valence-corrected chi connectivity index (χ4v) is 3.21. The van der Waals surface area contributed by atoms with Gasteiger partial charge in [-0.15, -0.1) is 0 Å². The highest BCUT2D eigenvalue weighted by Crippen LogP contribution is 2.18. The summed E-state index contributed by atoms with van der Waals surface area (Å²) in [5, 5.41) is 2.97. The number of piperazine rings is 1. The molecule has 0 spiro atoms. The van der Waals surface area contributed by atoms with Crippen molar-refractivity contribution in [1.82, 2.24) is 24.3 Å². The van der Waals surface area contributed by atoms with E-state index in [1.807, 2.05) is 4.90 Å². The molecule has 1 aliphatic carbocycles. The van der Waals surface area contributed by atoms with Crippen molar-refractivity contribution in [2.75, 3.05) is 45.0 Å². The molecular weight excluding hydrogens is 352 g/mol. The van der Waals surface area contributed by atoms with Gasteiger partial charge in [0.2, 0.25) is 5.91 Å². The molecule has 10 nitrogen and oxygen atoms in total. The minimum Gasteiger partial charge on any atom is -0.384 e. The van der Waals surface area contributed by atoms with E-state index in [2.05, 4.69) is 10.2 Å². The number of nitrogens with zero attached hydrogens (tertiary/aromatic N) is 4. The highest BCUT2D eigenvalue weighted by Gasteiger charge is 2.27. The largest absolute Gasteiger partial charge is 0.384 e. The molecule has 1 aromatic rings. The molecule has 0 radical (unpaired) electrons. The summed E-state index contributed by atoms with van der Waals surface area (Å²) in [6.45, 7) is 3.01. The van der Waals surface area contributed by atoms with Crippen LogP contribution in [-0.4, -0.2) is 75.9 Å². The Kier molecular flexibility index (Phi) is 5.47. The number of Topliss-reactive ketones (excluding diaryl/α,β-unsaturated/α-hetero) is 1. The zero-order valence-electron chi connectivity index (χ0n) is 15.7. The lowest BCUT2D eigenvalue weighted by Gasteiger charge is -2.33. The SMILES string of the molecule is Cn1c(N)c(C(=O)CN2CCN(CC(=O)NC3CC3)CC2)c(=O)n(C)c1=O. The third-order valence-corrected chi connectivity index (χ3v) is 5.13. The lowest BCUT2D eigenvalue weighted by molar-refractivity contribution is -0.122. The number of carbonyl (C=O) groups is 2. The molecule has 3 N–H and O–H groups in total. The molecule has 1 aromatic heterocycles. The van der Waals surface area contributed by atoms with E-state index in [4.69, 9.17) is 5.73 Å². The van der Waals surface area contributed by atoms with Crippen LogP contribution in [0.5, 0.6) is 0 Å². The Balaban J connectivity index is 1.58. The van der Waals surface area contributed by atoms with Gasteiger partial charge in [-0.05, 0) is 12.8 Å². The Bertz CT molecular complexity index is 861. The van der Waals surface area contributed by atoms with Crippen molar-refractivity contribution in [1.29, 1.82) is 0 Å². The molecule has 148 valence electrons. The van der Waals surface area contributed by atoms with E-state index < -0.39 is 17.0 Å². The first kappa shape index (κ1) is 19.3. The van der Waals surface area contributed by atoms with Gasteiger partial charge in [0.15, 0.2) is 5.78 Å². The summed E-state index contributed by atoms with van der Waals surface area (Å²) in [6, 6.07) is 0.353. The van der Waals surface area contributed by atoms with Crippen molar-refractivity contribution in [3.05, 3.63) is 26.4 Å². The molecule has 1 aliphatic heterocycles. The highest BCUT2D eigenvalue weighted by molar-refractivity contribution is 6.01. The van der Waals surface area contributed by atoms with Crippen LogP contribution in [0.25, 0.3) is 0 Å². The number of nitrogens with two attached hydrogens (primary N) is 1. The number of carbonyl (C=O) groups excluding carboxylic acids is 2. The number of nitrogen functional groups attached to an aromatic ring is 1. The fourth-order valence-electron chi connectivity index (χ4n) is 3.21. The van der Waals surface area contributed by atoms with E-state index in [1.165, 1.54) is 14.1 Å². The third-order valence-electron chi connectivity index (χ3n) is 5.13. The average Bonchev–Trinajstić information content (AvgIpc) is 3.44. The van der Waals surface area contributed by atoms with Crippen LogP contribution < -0.4 is 22.3 Å². The van der Waals surface area contributed by atoms with Crippen molar-refractivity contribution < 1.29 is 9.59 Å². The molecule has 1 amide bonds. The molecule has 2 aliphatic rings. The lowest BCUT2D eigenvalue weighted by Crippen LogP contribution is -2.51. The Hall–Kier alpha value is -2.46. The molecule has 0 bridgehead atoms. The summed E-state index contributed by atoms with van der Waals surface area (Å²) >= 11 is 0. The number of nitrogens with one attached hydrogen (secondary N) is 1. The Morgan fingerprint density at radius 3 is 2.11 bits per heavy atom. The van der Waals surface area contributed by atoms with Crippen LogP contribution in [0.4, 0.5) is 5.82 Å². The summed E-state index contributed by atoms with van der Waals surface area (Å²) in [4.78, 5) is 52.6. The molecule has 0 aromatic carbocycles. The summed E-state index contributed by atoms with van der Waals surface area (Å²) in [5.74, 6) is -0.462. The van der Waals surface area contributed by atoms with Gasteiger partial charge in [-0.1, -0.05) is 0 Å². The van der Waals surface area contributed by atoms with Gasteiger partial charge in [-0.3, -0.25) is 33.3 Å². The summed E-state index contributed by atoms with van der Waals surface area (Å²) in [6.07, 6.45) is 2.13. The predicted molar refractivity (Wildman–Crippen MR) is 99.7 cm³/mol. The second kappa shape index (κ2) is 7.65. The van der Waals surface area contributed by atoms with E-state index in [0.29, 0.717) is 38.8 Å². The Morgan fingerprint density at radius 1 is 1.00 bits per heavy atom. The first-order valence-corrected chi connectivity index (χ1v) is 9.10. The number of rotatable bonds is 6. The van der Waals surface area contributed by atoms with E-state index >= 15 is 0 Å². The molecule has 1 saturated carbocycles. The minimum atomic E-state index is -0.670. The fraction of sp³-hybridized carbons (Fsp3) is 0.647. The molecule has 0 unspecified atom stereocenters. The second-order valence-electron chi connectivity index (χ2n) is 7.28. The quantitative estimate of drug-likeness (QED) is 0.536. The van der Waals surface area contributed by atoms with Gasteiger partial charge in [0.05, 0.1) is 13.1 Å². The van der Waals surface area contributed by atoms with Gasteiger partial charge in [0, 0.05) is 46.3 Å². The maximum absolute atomic E-state index is 12.6. The van der Waals surface area contributed by atoms with E-state index in [-0.39, 0.29) is 23.8 Å². The maximum atomic E-state index is 12.6. The van der Waals surface area contributed by atoms with E-state index in [9.17, 15) is 19.2 Å². The Morgan fingerprint density at radius 2 is 1.56 bits per heavy atom. The summed E-state index contributed by atoms with van der Waals surface area (Å²) in [7, 11) is 2.76. The summed E-state index contributed by atoms with van der Waals surface area (Å²) in [5.41, 5.74) is 4.46. The number of amides is 1. The van der Waals surface area contributed by atoms with E-state index in [1.54, 1.807) is 0 Å². The number of ketones is 1. The van der Waals surface area contributed by atoms with Crippen molar-refractivity contribution >= 4 is 17.5 Å². The third kappa shape index (κ3) is 4.28. The van der Waals surface area contributed by atoms with Crippen LogP contribution in [0.2, 0.25) is 0 Å². The smallest absolute Gasteiger partial charge is 0.332 e. The number of hydrogen-bond donors (Lipinski definition) is 2. The normalized spacial score (nSPS) is 18.4. The zero-order chi connectivity index (χ0) is 19.7. The first-order valence-electron chi connectivity index (χ1n) is 9.10. The first-order chi connectivity index (χ1) is 12.8. The topological polar surface area (TPSA) is 123 Å². The van der Waals surface area contributed by atoms with Crippen molar-refractivity contribution in [3.63, 3.8) is 0 Å². The summed E-state index contributed by atoms with van der Waals surface area (Å²) < 4.78 is 1.99. The van der Waals surface area contributed by atoms with Crippen molar-refractivity contribution in [2.24, 2.45) is 14.1 Å². The molecule has 2 heterocycles. The van der Waals surface area contributed by atoms with Gasteiger partial charge in [-0.2, -0.15) is 0 Å².